The van der Waals surface area contributed by atoms with Crippen molar-refractivity contribution in [3.63, 3.8) is 0 Å². The quantitative estimate of drug-likeness (QED) is 0.288. The number of hydrogen-bond donors (Lipinski definition) is 1. The SMILES string of the molecule is CN=C(NCCCc1ccc(OC)cc1)N1CCC(N2CCOCC2)C1.I. The first-order chi connectivity index (χ1) is 12.8. The standard InChI is InChI=1S/C20H32N4O2.HI/c1-21-20(22-10-3-4-17-5-7-19(25-2)8-6-17)24-11-9-18(16-24)23-12-14-26-15-13-23;/h5-8,18H,3-4,9-16H2,1-2H3,(H,21,22);1H. The van der Waals surface area contributed by atoms with Gasteiger partial charge in [0.15, 0.2) is 5.96 Å². The molecule has 2 saturated heterocycles. The van der Waals surface area contributed by atoms with Crippen LogP contribution in [0.3, 0.4) is 0 Å². The predicted molar refractivity (Wildman–Crippen MR) is 120 cm³/mol. The zero-order valence-corrected chi connectivity index (χ0v) is 18.9. The van der Waals surface area contributed by atoms with Gasteiger partial charge in [-0.1, -0.05) is 12.1 Å². The summed E-state index contributed by atoms with van der Waals surface area (Å²) >= 11 is 0. The van der Waals surface area contributed by atoms with Crippen LogP contribution in [0.2, 0.25) is 0 Å². The Hall–Kier alpha value is -1.06. The molecular weight excluding hydrogens is 455 g/mol. The minimum absolute atomic E-state index is 0. The number of morpholine rings is 1. The van der Waals surface area contributed by atoms with Crippen molar-refractivity contribution in [2.24, 2.45) is 4.99 Å². The summed E-state index contributed by atoms with van der Waals surface area (Å²) in [4.78, 5) is 9.45. The molecule has 2 aliphatic rings. The van der Waals surface area contributed by atoms with E-state index in [9.17, 15) is 0 Å². The molecule has 2 heterocycles. The number of likely N-dealkylation sites (tertiary alicyclic amines) is 1. The van der Waals surface area contributed by atoms with Gasteiger partial charge in [0, 0.05) is 45.8 Å². The summed E-state index contributed by atoms with van der Waals surface area (Å²) in [5.74, 6) is 1.95. The third-order valence-corrected chi connectivity index (χ3v) is 5.32. The Morgan fingerprint density at radius 1 is 1.22 bits per heavy atom. The van der Waals surface area contributed by atoms with Crippen LogP contribution in [0.4, 0.5) is 0 Å². The molecule has 1 unspecified atom stereocenters. The molecule has 152 valence electrons. The number of nitrogens with zero attached hydrogens (tertiary/aromatic N) is 3. The highest BCUT2D eigenvalue weighted by atomic mass is 127. The number of halogens is 1. The van der Waals surface area contributed by atoms with Crippen molar-refractivity contribution >= 4 is 29.9 Å². The maximum Gasteiger partial charge on any atom is 0.193 e. The van der Waals surface area contributed by atoms with Crippen molar-refractivity contribution in [3.8, 4) is 5.75 Å². The normalized spacial score (nSPS) is 21.0. The highest BCUT2D eigenvalue weighted by Crippen LogP contribution is 2.17. The maximum atomic E-state index is 5.47. The fourth-order valence-electron chi connectivity index (χ4n) is 3.79. The van der Waals surface area contributed by atoms with Crippen LogP contribution in [0.15, 0.2) is 29.3 Å². The van der Waals surface area contributed by atoms with E-state index in [2.05, 4.69) is 32.2 Å². The van der Waals surface area contributed by atoms with E-state index in [0.717, 1.165) is 70.5 Å². The Labute approximate surface area is 180 Å². The summed E-state index contributed by atoms with van der Waals surface area (Å²) in [6.07, 6.45) is 3.36. The fraction of sp³-hybridized carbons (Fsp3) is 0.650. The first-order valence-electron chi connectivity index (χ1n) is 9.70. The van der Waals surface area contributed by atoms with Gasteiger partial charge in [0.1, 0.15) is 5.75 Å². The van der Waals surface area contributed by atoms with Crippen molar-refractivity contribution in [2.75, 3.05) is 60.1 Å². The highest BCUT2D eigenvalue weighted by Gasteiger charge is 2.30. The van der Waals surface area contributed by atoms with Gasteiger partial charge in [0.2, 0.25) is 0 Å². The van der Waals surface area contributed by atoms with E-state index in [1.165, 1.54) is 12.0 Å². The van der Waals surface area contributed by atoms with Crippen LogP contribution < -0.4 is 10.1 Å². The minimum atomic E-state index is 0. The molecule has 7 heteroatoms. The number of guanidine groups is 1. The number of aryl methyl sites for hydroxylation is 1. The Morgan fingerprint density at radius 2 is 1.96 bits per heavy atom. The number of ether oxygens (including phenoxy) is 2. The van der Waals surface area contributed by atoms with E-state index >= 15 is 0 Å². The number of aliphatic imine (C=N–C) groups is 1. The number of methoxy groups -OCH3 is 1. The van der Waals surface area contributed by atoms with Gasteiger partial charge >= 0.3 is 0 Å². The van der Waals surface area contributed by atoms with Crippen LogP contribution in [0.5, 0.6) is 5.75 Å². The molecule has 0 amide bonds. The number of hydrogen-bond acceptors (Lipinski definition) is 4. The van der Waals surface area contributed by atoms with Crippen LogP contribution in [0, 0.1) is 0 Å². The lowest BCUT2D eigenvalue weighted by Gasteiger charge is -2.32. The molecule has 1 atom stereocenters. The Balaban J connectivity index is 0.00000261. The molecule has 2 aliphatic heterocycles. The average molecular weight is 488 g/mol. The molecule has 3 rings (SSSR count). The molecule has 27 heavy (non-hydrogen) atoms. The molecule has 0 aromatic heterocycles. The first kappa shape index (κ1) is 22.2. The van der Waals surface area contributed by atoms with Crippen molar-refractivity contribution in [1.29, 1.82) is 0 Å². The Morgan fingerprint density at radius 3 is 2.63 bits per heavy atom. The molecule has 0 bridgehead atoms. The van der Waals surface area contributed by atoms with Crippen molar-refractivity contribution in [2.45, 2.75) is 25.3 Å². The van der Waals surface area contributed by atoms with Gasteiger partial charge < -0.3 is 19.7 Å². The van der Waals surface area contributed by atoms with Gasteiger partial charge in [-0.2, -0.15) is 0 Å². The molecule has 0 spiro atoms. The zero-order chi connectivity index (χ0) is 18.2. The number of benzene rings is 1. The van der Waals surface area contributed by atoms with E-state index in [1.807, 2.05) is 19.2 Å². The first-order valence-corrected chi connectivity index (χ1v) is 9.70. The van der Waals surface area contributed by atoms with E-state index in [-0.39, 0.29) is 24.0 Å². The average Bonchev–Trinajstić information content (AvgIpc) is 3.19. The lowest BCUT2D eigenvalue weighted by molar-refractivity contribution is 0.0195. The van der Waals surface area contributed by atoms with Gasteiger partial charge in [-0.25, -0.2) is 0 Å². The van der Waals surface area contributed by atoms with Crippen LogP contribution in [0.25, 0.3) is 0 Å². The third-order valence-electron chi connectivity index (χ3n) is 5.32. The second-order valence-electron chi connectivity index (χ2n) is 6.96. The van der Waals surface area contributed by atoms with Crippen LogP contribution in [-0.2, 0) is 11.2 Å². The van der Waals surface area contributed by atoms with Gasteiger partial charge in [0.25, 0.3) is 0 Å². The second kappa shape index (κ2) is 11.7. The third kappa shape index (κ3) is 6.50. The minimum Gasteiger partial charge on any atom is -0.497 e. The molecule has 2 fully saturated rings. The monoisotopic (exact) mass is 488 g/mol. The molecule has 1 aromatic carbocycles. The smallest absolute Gasteiger partial charge is 0.193 e. The van der Waals surface area contributed by atoms with Crippen molar-refractivity contribution in [3.05, 3.63) is 29.8 Å². The summed E-state index contributed by atoms with van der Waals surface area (Å²) in [6, 6.07) is 8.97. The van der Waals surface area contributed by atoms with E-state index in [1.54, 1.807) is 7.11 Å². The number of nitrogens with one attached hydrogen (secondary N) is 1. The number of rotatable bonds is 6. The molecule has 1 aromatic rings. The van der Waals surface area contributed by atoms with Crippen molar-refractivity contribution < 1.29 is 9.47 Å². The lowest BCUT2D eigenvalue weighted by atomic mass is 10.1. The summed E-state index contributed by atoms with van der Waals surface area (Å²) in [7, 11) is 3.58. The maximum absolute atomic E-state index is 5.47. The largest absolute Gasteiger partial charge is 0.497 e. The summed E-state index contributed by atoms with van der Waals surface area (Å²) in [5.41, 5.74) is 1.34. The zero-order valence-electron chi connectivity index (χ0n) is 16.5. The van der Waals surface area contributed by atoms with Crippen LogP contribution in [-0.4, -0.2) is 81.9 Å². The summed E-state index contributed by atoms with van der Waals surface area (Å²) in [6.45, 7) is 6.96. The van der Waals surface area contributed by atoms with Gasteiger partial charge in [0.05, 0.1) is 20.3 Å². The van der Waals surface area contributed by atoms with Gasteiger partial charge in [-0.05, 0) is 37.0 Å². The molecule has 0 radical (unpaired) electrons. The van der Waals surface area contributed by atoms with Crippen LogP contribution >= 0.6 is 24.0 Å². The summed E-state index contributed by atoms with van der Waals surface area (Å²) < 4.78 is 10.7. The Bertz CT molecular complexity index is 576. The molecule has 1 N–H and O–H groups in total. The van der Waals surface area contributed by atoms with Crippen molar-refractivity contribution in [1.82, 2.24) is 15.1 Å². The van der Waals surface area contributed by atoms with E-state index in [4.69, 9.17) is 9.47 Å². The predicted octanol–water partition coefficient (Wildman–Crippen LogP) is 2.23. The fourth-order valence-corrected chi connectivity index (χ4v) is 3.79. The lowest BCUT2D eigenvalue weighted by Crippen LogP contribution is -2.46. The highest BCUT2D eigenvalue weighted by molar-refractivity contribution is 14.0. The topological polar surface area (TPSA) is 49.3 Å². The second-order valence-corrected chi connectivity index (χ2v) is 6.96. The van der Waals surface area contributed by atoms with Crippen LogP contribution in [0.1, 0.15) is 18.4 Å². The molecule has 0 aliphatic carbocycles. The molecule has 0 saturated carbocycles. The van der Waals surface area contributed by atoms with Gasteiger partial charge in [-0.3, -0.25) is 9.89 Å². The van der Waals surface area contributed by atoms with E-state index < -0.39 is 0 Å². The molecular formula is C20H33IN4O2. The summed E-state index contributed by atoms with van der Waals surface area (Å²) in [5, 5.41) is 3.54. The Kier molecular flexibility index (Phi) is 9.64. The molecule has 6 nitrogen and oxygen atoms in total. The van der Waals surface area contributed by atoms with E-state index in [0.29, 0.717) is 6.04 Å². The van der Waals surface area contributed by atoms with Gasteiger partial charge in [-0.15, -0.1) is 24.0 Å².